The van der Waals surface area contributed by atoms with Crippen LogP contribution in [0.2, 0.25) is 0 Å². The van der Waals surface area contributed by atoms with Crippen LogP contribution in [-0.4, -0.2) is 9.55 Å². The molecule has 0 spiro atoms. The highest BCUT2D eigenvalue weighted by atomic mass is 15.0. The first kappa shape index (κ1) is 12.7. The first-order valence-electron chi connectivity index (χ1n) is 6.87. The monoisotopic (exact) mass is 262 g/mol. The summed E-state index contributed by atoms with van der Waals surface area (Å²) in [4.78, 5) is 4.05. The van der Waals surface area contributed by atoms with Crippen molar-refractivity contribution in [1.29, 1.82) is 0 Å². The lowest BCUT2D eigenvalue weighted by atomic mass is 10.1. The number of nitrogens with zero attached hydrogens (tertiary/aromatic N) is 2. The Morgan fingerprint density at radius 3 is 1.90 bits per heavy atom. The molecule has 0 unspecified atom stereocenters. The van der Waals surface area contributed by atoms with Gasteiger partial charge in [0.25, 0.3) is 0 Å². The van der Waals surface area contributed by atoms with Gasteiger partial charge in [-0.25, -0.2) is 0 Å². The molecular formula is C18H18N2. The highest BCUT2D eigenvalue weighted by molar-refractivity contribution is 5.40. The van der Waals surface area contributed by atoms with E-state index < -0.39 is 0 Å². The largest absolute Gasteiger partial charge is 0.319 e. The van der Waals surface area contributed by atoms with E-state index in [0.717, 1.165) is 6.42 Å². The summed E-state index contributed by atoms with van der Waals surface area (Å²) in [6, 6.07) is 17.2. The summed E-state index contributed by atoms with van der Waals surface area (Å²) in [5.41, 5.74) is 6.38. The Bertz CT molecular complexity index is 675. The fourth-order valence-electron chi connectivity index (χ4n) is 2.57. The molecule has 2 aromatic heterocycles. The third-order valence-corrected chi connectivity index (χ3v) is 3.62. The molecule has 0 atom stereocenters. The van der Waals surface area contributed by atoms with E-state index in [2.05, 4.69) is 71.9 Å². The van der Waals surface area contributed by atoms with Gasteiger partial charge in [-0.15, -0.1) is 0 Å². The predicted molar refractivity (Wildman–Crippen MR) is 82.3 cm³/mol. The van der Waals surface area contributed by atoms with Gasteiger partial charge in [-0.3, -0.25) is 4.98 Å². The molecule has 0 aliphatic heterocycles. The summed E-state index contributed by atoms with van der Waals surface area (Å²) in [5, 5.41) is 0. The van der Waals surface area contributed by atoms with Crippen LogP contribution in [0.15, 0.2) is 60.9 Å². The molecule has 2 nitrogen and oxygen atoms in total. The fraction of sp³-hybridized carbons (Fsp3) is 0.167. The fourth-order valence-corrected chi connectivity index (χ4v) is 2.57. The number of aryl methyl sites for hydroxylation is 2. The lowest BCUT2D eigenvalue weighted by molar-refractivity contribution is 0.963. The van der Waals surface area contributed by atoms with E-state index in [1.165, 1.54) is 28.2 Å². The SMILES string of the molecule is Cc1ccc(C)n1-c1ccc(Cc2ccncc2)cc1. The second kappa shape index (κ2) is 5.33. The number of aromatic nitrogens is 2. The van der Waals surface area contributed by atoms with Gasteiger partial charge in [-0.2, -0.15) is 0 Å². The molecule has 2 heterocycles. The van der Waals surface area contributed by atoms with Crippen LogP contribution in [-0.2, 0) is 6.42 Å². The minimum atomic E-state index is 0.951. The average molecular weight is 262 g/mol. The van der Waals surface area contributed by atoms with Gasteiger partial charge in [-0.05, 0) is 67.8 Å². The summed E-state index contributed by atoms with van der Waals surface area (Å²) in [5.74, 6) is 0. The number of benzene rings is 1. The normalized spacial score (nSPS) is 10.7. The smallest absolute Gasteiger partial charge is 0.0455 e. The van der Waals surface area contributed by atoms with E-state index in [4.69, 9.17) is 0 Å². The maximum absolute atomic E-state index is 4.05. The van der Waals surface area contributed by atoms with E-state index in [9.17, 15) is 0 Å². The van der Waals surface area contributed by atoms with Crippen LogP contribution in [0.25, 0.3) is 5.69 Å². The van der Waals surface area contributed by atoms with E-state index in [0.29, 0.717) is 0 Å². The van der Waals surface area contributed by atoms with Crippen LogP contribution >= 0.6 is 0 Å². The van der Waals surface area contributed by atoms with Gasteiger partial charge >= 0.3 is 0 Å². The van der Waals surface area contributed by atoms with E-state index in [-0.39, 0.29) is 0 Å². The molecule has 3 aromatic rings. The van der Waals surface area contributed by atoms with Gasteiger partial charge in [0.2, 0.25) is 0 Å². The Morgan fingerprint density at radius 2 is 1.30 bits per heavy atom. The van der Waals surface area contributed by atoms with Crippen molar-refractivity contribution in [2.45, 2.75) is 20.3 Å². The van der Waals surface area contributed by atoms with Crippen molar-refractivity contribution in [3.8, 4) is 5.69 Å². The van der Waals surface area contributed by atoms with Crippen molar-refractivity contribution in [3.63, 3.8) is 0 Å². The van der Waals surface area contributed by atoms with Crippen LogP contribution in [0.1, 0.15) is 22.5 Å². The highest BCUT2D eigenvalue weighted by Crippen LogP contribution is 2.18. The van der Waals surface area contributed by atoms with Crippen molar-refractivity contribution >= 4 is 0 Å². The molecule has 0 aliphatic rings. The second-order valence-corrected chi connectivity index (χ2v) is 5.15. The number of hydrogen-bond acceptors (Lipinski definition) is 1. The average Bonchev–Trinajstić information content (AvgIpc) is 2.81. The van der Waals surface area contributed by atoms with Crippen LogP contribution < -0.4 is 0 Å². The van der Waals surface area contributed by atoms with Gasteiger partial charge in [-0.1, -0.05) is 12.1 Å². The van der Waals surface area contributed by atoms with E-state index in [1.807, 2.05) is 12.4 Å². The van der Waals surface area contributed by atoms with Gasteiger partial charge in [0, 0.05) is 29.5 Å². The molecule has 0 radical (unpaired) electrons. The Kier molecular flexibility index (Phi) is 3.38. The Labute approximate surface area is 119 Å². The van der Waals surface area contributed by atoms with Crippen molar-refractivity contribution in [1.82, 2.24) is 9.55 Å². The van der Waals surface area contributed by atoms with Gasteiger partial charge < -0.3 is 4.57 Å². The summed E-state index contributed by atoms with van der Waals surface area (Å²) < 4.78 is 2.27. The lowest BCUT2D eigenvalue weighted by Crippen LogP contribution is -1.99. The quantitative estimate of drug-likeness (QED) is 0.695. The summed E-state index contributed by atoms with van der Waals surface area (Å²) in [6.45, 7) is 4.27. The molecule has 0 aliphatic carbocycles. The van der Waals surface area contributed by atoms with E-state index in [1.54, 1.807) is 0 Å². The highest BCUT2D eigenvalue weighted by Gasteiger charge is 2.03. The van der Waals surface area contributed by atoms with Crippen LogP contribution in [0.5, 0.6) is 0 Å². The van der Waals surface area contributed by atoms with E-state index >= 15 is 0 Å². The summed E-state index contributed by atoms with van der Waals surface area (Å²) in [6.07, 6.45) is 4.64. The Balaban J connectivity index is 1.85. The van der Waals surface area contributed by atoms with Gasteiger partial charge in [0.05, 0.1) is 0 Å². The first-order chi connectivity index (χ1) is 9.74. The molecule has 100 valence electrons. The molecule has 0 bridgehead atoms. The minimum absolute atomic E-state index is 0.951. The zero-order chi connectivity index (χ0) is 13.9. The van der Waals surface area contributed by atoms with Crippen LogP contribution in [0, 0.1) is 13.8 Å². The molecule has 0 saturated heterocycles. The number of rotatable bonds is 3. The predicted octanol–water partition coefficient (Wildman–Crippen LogP) is 4.08. The molecule has 20 heavy (non-hydrogen) atoms. The first-order valence-corrected chi connectivity index (χ1v) is 6.87. The van der Waals surface area contributed by atoms with Crippen molar-refractivity contribution in [3.05, 3.63) is 83.4 Å². The lowest BCUT2D eigenvalue weighted by Gasteiger charge is -2.10. The van der Waals surface area contributed by atoms with Crippen LogP contribution in [0.4, 0.5) is 0 Å². The third-order valence-electron chi connectivity index (χ3n) is 3.62. The maximum Gasteiger partial charge on any atom is 0.0455 e. The molecule has 2 heteroatoms. The summed E-state index contributed by atoms with van der Waals surface area (Å²) >= 11 is 0. The number of hydrogen-bond donors (Lipinski definition) is 0. The molecular weight excluding hydrogens is 244 g/mol. The topological polar surface area (TPSA) is 17.8 Å². The van der Waals surface area contributed by atoms with Gasteiger partial charge in [0.15, 0.2) is 0 Å². The van der Waals surface area contributed by atoms with Gasteiger partial charge in [0.1, 0.15) is 0 Å². The molecule has 0 saturated carbocycles. The zero-order valence-corrected chi connectivity index (χ0v) is 11.9. The minimum Gasteiger partial charge on any atom is -0.319 e. The molecule has 0 fully saturated rings. The van der Waals surface area contributed by atoms with Crippen molar-refractivity contribution < 1.29 is 0 Å². The standard InChI is InChI=1S/C18H18N2/c1-14-3-4-15(2)20(14)18-7-5-16(6-8-18)13-17-9-11-19-12-10-17/h3-12H,13H2,1-2H3. The Morgan fingerprint density at radius 1 is 0.750 bits per heavy atom. The third kappa shape index (κ3) is 2.50. The molecule has 0 N–H and O–H groups in total. The van der Waals surface area contributed by atoms with Crippen molar-refractivity contribution in [2.24, 2.45) is 0 Å². The molecule has 1 aromatic carbocycles. The Hall–Kier alpha value is -2.35. The second-order valence-electron chi connectivity index (χ2n) is 5.15. The molecule has 0 amide bonds. The molecule has 3 rings (SSSR count). The van der Waals surface area contributed by atoms with Crippen LogP contribution in [0.3, 0.4) is 0 Å². The maximum atomic E-state index is 4.05. The zero-order valence-electron chi connectivity index (χ0n) is 11.9. The number of pyridine rings is 1. The van der Waals surface area contributed by atoms with Crippen molar-refractivity contribution in [2.75, 3.05) is 0 Å². The summed E-state index contributed by atoms with van der Waals surface area (Å²) in [7, 11) is 0.